The quantitative estimate of drug-likeness (QED) is 0.465. The van der Waals surface area contributed by atoms with Crippen molar-refractivity contribution >= 4 is 37.7 Å². The number of aliphatic hydroxyl groups excluding tert-OH is 2. The SMILES string of the molecule is CC(O)CCO.[CaH2]. The summed E-state index contributed by atoms with van der Waals surface area (Å²) in [5, 5.41) is 16.5. The molecule has 2 nitrogen and oxygen atoms in total. The minimum atomic E-state index is -0.352. The Bertz CT molecular complexity index is 30.9. The first-order valence-corrected chi connectivity index (χ1v) is 2.06. The van der Waals surface area contributed by atoms with E-state index in [0.29, 0.717) is 6.42 Å². The summed E-state index contributed by atoms with van der Waals surface area (Å²) in [5.74, 6) is 0. The Kier molecular flexibility index (Phi) is 11.3. The number of aliphatic hydroxyl groups is 2. The molecule has 0 saturated carbocycles. The van der Waals surface area contributed by atoms with E-state index in [9.17, 15) is 0 Å². The fraction of sp³-hybridized carbons (Fsp3) is 1.00. The van der Waals surface area contributed by atoms with E-state index in [2.05, 4.69) is 0 Å². The minimum absolute atomic E-state index is 0. The molecule has 3 heteroatoms. The van der Waals surface area contributed by atoms with Gasteiger partial charge in [0.05, 0.1) is 6.10 Å². The summed E-state index contributed by atoms with van der Waals surface area (Å²) in [5.41, 5.74) is 0. The third kappa shape index (κ3) is 11.0. The molecule has 0 aromatic heterocycles. The van der Waals surface area contributed by atoms with Crippen LogP contribution in [-0.2, 0) is 0 Å². The predicted molar refractivity (Wildman–Crippen MR) is 31.9 cm³/mol. The van der Waals surface area contributed by atoms with Crippen LogP contribution in [0.2, 0.25) is 0 Å². The summed E-state index contributed by atoms with van der Waals surface area (Å²) in [6.07, 6.45) is 0.134. The Balaban J connectivity index is 0. The molecule has 0 fully saturated rings. The summed E-state index contributed by atoms with van der Waals surface area (Å²) in [6.45, 7) is 1.73. The van der Waals surface area contributed by atoms with Crippen molar-refractivity contribution in [2.45, 2.75) is 19.4 Å². The first kappa shape index (κ1) is 11.0. The van der Waals surface area contributed by atoms with E-state index in [1.165, 1.54) is 0 Å². The Morgan fingerprint density at radius 1 is 1.57 bits per heavy atom. The Morgan fingerprint density at radius 3 is 2.00 bits per heavy atom. The van der Waals surface area contributed by atoms with Crippen LogP contribution < -0.4 is 0 Å². The van der Waals surface area contributed by atoms with Gasteiger partial charge in [0.25, 0.3) is 0 Å². The van der Waals surface area contributed by atoms with Gasteiger partial charge in [-0.1, -0.05) is 0 Å². The van der Waals surface area contributed by atoms with E-state index in [1.807, 2.05) is 0 Å². The van der Waals surface area contributed by atoms with Crippen molar-refractivity contribution in [1.82, 2.24) is 0 Å². The number of rotatable bonds is 2. The molecule has 0 aromatic rings. The zero-order chi connectivity index (χ0) is 4.99. The molecule has 0 amide bonds. The van der Waals surface area contributed by atoms with Gasteiger partial charge in [0.1, 0.15) is 0 Å². The monoisotopic (exact) mass is 132 g/mol. The van der Waals surface area contributed by atoms with Gasteiger partial charge in [-0.05, 0) is 13.3 Å². The molecule has 2 N–H and O–H groups in total. The standard InChI is InChI=1S/C4H10O2.Ca.2H/c1-4(6)2-3-5;;;/h4-6H,2-3H2,1H3;;;. The maximum absolute atomic E-state index is 8.39. The summed E-state index contributed by atoms with van der Waals surface area (Å²) in [4.78, 5) is 0. The van der Waals surface area contributed by atoms with Crippen LogP contribution in [0.4, 0.5) is 0 Å². The van der Waals surface area contributed by atoms with Crippen molar-refractivity contribution in [3.05, 3.63) is 0 Å². The van der Waals surface area contributed by atoms with Crippen LogP contribution in [0.15, 0.2) is 0 Å². The van der Waals surface area contributed by atoms with Gasteiger partial charge in [-0.2, -0.15) is 0 Å². The molecular formula is C4H12CaO2. The van der Waals surface area contributed by atoms with Crippen molar-refractivity contribution in [3.63, 3.8) is 0 Å². The van der Waals surface area contributed by atoms with Crippen molar-refractivity contribution in [2.24, 2.45) is 0 Å². The first-order chi connectivity index (χ1) is 2.77. The average molecular weight is 132 g/mol. The molecule has 42 valence electrons. The normalized spacial score (nSPS) is 12.4. The Labute approximate surface area is 73.5 Å². The van der Waals surface area contributed by atoms with Gasteiger partial charge >= 0.3 is 37.7 Å². The fourth-order valence-electron chi connectivity index (χ4n) is 0.187. The molecule has 0 bridgehead atoms. The van der Waals surface area contributed by atoms with Gasteiger partial charge in [0.15, 0.2) is 0 Å². The van der Waals surface area contributed by atoms with Gasteiger partial charge in [0, 0.05) is 6.61 Å². The van der Waals surface area contributed by atoms with E-state index < -0.39 is 0 Å². The summed E-state index contributed by atoms with van der Waals surface area (Å²) in [7, 11) is 0. The fourth-order valence-corrected chi connectivity index (χ4v) is 0.187. The molecule has 0 aromatic carbocycles. The van der Waals surface area contributed by atoms with Crippen LogP contribution >= 0.6 is 0 Å². The molecule has 0 rings (SSSR count). The Hall–Kier alpha value is 1.18. The molecule has 0 radical (unpaired) electrons. The molecule has 0 aliphatic carbocycles. The van der Waals surface area contributed by atoms with Crippen LogP contribution in [0.3, 0.4) is 0 Å². The van der Waals surface area contributed by atoms with Gasteiger partial charge in [0.2, 0.25) is 0 Å². The molecule has 0 spiro atoms. The zero-order valence-electron chi connectivity index (χ0n) is 3.89. The van der Waals surface area contributed by atoms with E-state index >= 15 is 0 Å². The Morgan fingerprint density at radius 2 is 2.00 bits per heavy atom. The van der Waals surface area contributed by atoms with Crippen LogP contribution in [0.5, 0.6) is 0 Å². The predicted octanol–water partition coefficient (Wildman–Crippen LogP) is -1.17. The van der Waals surface area contributed by atoms with E-state index in [4.69, 9.17) is 10.2 Å². The second-order valence-corrected chi connectivity index (χ2v) is 1.36. The van der Waals surface area contributed by atoms with Gasteiger partial charge in [-0.3, -0.25) is 0 Å². The van der Waals surface area contributed by atoms with Crippen LogP contribution in [-0.4, -0.2) is 60.7 Å². The van der Waals surface area contributed by atoms with Crippen LogP contribution in [0.25, 0.3) is 0 Å². The third-order valence-corrected chi connectivity index (χ3v) is 0.547. The molecule has 0 aliphatic rings. The second-order valence-electron chi connectivity index (χ2n) is 1.36. The second kappa shape index (κ2) is 7.18. The van der Waals surface area contributed by atoms with Crippen molar-refractivity contribution in [2.75, 3.05) is 6.61 Å². The van der Waals surface area contributed by atoms with Crippen molar-refractivity contribution < 1.29 is 10.2 Å². The molecule has 0 heterocycles. The van der Waals surface area contributed by atoms with E-state index in [0.717, 1.165) is 0 Å². The number of hydrogen-bond donors (Lipinski definition) is 2. The molecule has 7 heavy (non-hydrogen) atoms. The van der Waals surface area contributed by atoms with E-state index in [1.54, 1.807) is 6.92 Å². The first-order valence-electron chi connectivity index (χ1n) is 2.06. The topological polar surface area (TPSA) is 40.5 Å². The van der Waals surface area contributed by atoms with Gasteiger partial charge < -0.3 is 10.2 Å². The van der Waals surface area contributed by atoms with Gasteiger partial charge in [-0.15, -0.1) is 0 Å². The summed E-state index contributed by atoms with van der Waals surface area (Å²) < 4.78 is 0. The van der Waals surface area contributed by atoms with E-state index in [-0.39, 0.29) is 50.4 Å². The van der Waals surface area contributed by atoms with Crippen molar-refractivity contribution in [1.29, 1.82) is 0 Å². The average Bonchev–Trinajstić information content (AvgIpc) is 1.35. The molecule has 0 aliphatic heterocycles. The van der Waals surface area contributed by atoms with Crippen LogP contribution in [0.1, 0.15) is 13.3 Å². The van der Waals surface area contributed by atoms with Gasteiger partial charge in [-0.25, -0.2) is 0 Å². The number of hydrogen-bond acceptors (Lipinski definition) is 2. The molecule has 1 unspecified atom stereocenters. The molecular weight excluding hydrogens is 120 g/mol. The maximum atomic E-state index is 8.39. The molecule has 1 atom stereocenters. The third-order valence-electron chi connectivity index (χ3n) is 0.547. The summed E-state index contributed by atoms with van der Waals surface area (Å²) >= 11 is 0. The molecule has 0 saturated heterocycles. The summed E-state index contributed by atoms with van der Waals surface area (Å²) in [6, 6.07) is 0. The van der Waals surface area contributed by atoms with Crippen molar-refractivity contribution in [3.8, 4) is 0 Å². The van der Waals surface area contributed by atoms with Crippen LogP contribution in [0, 0.1) is 0 Å². The zero-order valence-corrected chi connectivity index (χ0v) is 3.89.